The van der Waals surface area contributed by atoms with E-state index in [-0.39, 0.29) is 0 Å². The summed E-state index contributed by atoms with van der Waals surface area (Å²) in [4.78, 5) is 2.23. The molecule has 1 aromatic rings. The Balaban J connectivity index is 1.75. The molecular weight excluding hydrogens is 270 g/mol. The number of likely N-dealkylation sites (tertiary alicyclic amines) is 1. The molecule has 1 N–H and O–H groups in total. The average molecular weight is 297 g/mol. The van der Waals surface area contributed by atoms with Crippen LogP contribution in [0.15, 0.2) is 30.3 Å². The molecule has 1 aromatic carbocycles. The smallest absolute Gasteiger partial charge is 0.103 e. The van der Waals surface area contributed by atoms with Gasteiger partial charge in [0.05, 0.1) is 0 Å². The fourth-order valence-electron chi connectivity index (χ4n) is 3.90. The van der Waals surface area contributed by atoms with Gasteiger partial charge >= 0.3 is 0 Å². The molecule has 0 bridgehead atoms. The van der Waals surface area contributed by atoms with E-state index in [1.165, 1.54) is 32.1 Å². The molecule has 0 amide bonds. The molecule has 0 spiro atoms. The zero-order chi connectivity index (χ0) is 15.3. The van der Waals surface area contributed by atoms with Gasteiger partial charge in [0, 0.05) is 25.6 Å². The average Bonchev–Trinajstić information content (AvgIpc) is 3.12. The minimum Gasteiger partial charge on any atom is -0.384 e. The fourth-order valence-corrected chi connectivity index (χ4v) is 3.90. The summed E-state index contributed by atoms with van der Waals surface area (Å²) < 4.78 is 0. The largest absolute Gasteiger partial charge is 0.384 e. The minimum absolute atomic E-state index is 0.352. The summed E-state index contributed by atoms with van der Waals surface area (Å²) in [6.07, 6.45) is 9.10. The van der Waals surface area contributed by atoms with Crippen molar-refractivity contribution < 1.29 is 5.11 Å². The van der Waals surface area contributed by atoms with Gasteiger partial charge < -0.3 is 10.0 Å². The molecule has 0 aromatic heterocycles. The van der Waals surface area contributed by atoms with Crippen molar-refractivity contribution >= 4 is 0 Å². The monoisotopic (exact) mass is 297 g/mol. The van der Waals surface area contributed by atoms with Crippen LogP contribution in [0.5, 0.6) is 0 Å². The van der Waals surface area contributed by atoms with Gasteiger partial charge in [-0.3, -0.25) is 0 Å². The van der Waals surface area contributed by atoms with Crippen molar-refractivity contribution in [3.05, 3.63) is 35.9 Å². The highest BCUT2D eigenvalue weighted by Gasteiger charge is 2.39. The molecule has 1 aliphatic heterocycles. The van der Waals surface area contributed by atoms with E-state index in [1.807, 2.05) is 18.2 Å². The molecule has 2 heteroatoms. The fraction of sp³-hybridized carbons (Fsp3) is 0.600. The molecule has 118 valence electrons. The lowest BCUT2D eigenvalue weighted by Gasteiger charge is -2.33. The normalized spacial score (nSPS) is 22.0. The van der Waals surface area contributed by atoms with Crippen LogP contribution in [0.4, 0.5) is 0 Å². The van der Waals surface area contributed by atoms with Crippen molar-refractivity contribution in [2.75, 3.05) is 13.1 Å². The lowest BCUT2D eigenvalue weighted by Crippen LogP contribution is -2.33. The Labute approximate surface area is 134 Å². The van der Waals surface area contributed by atoms with Crippen LogP contribution in [0.1, 0.15) is 56.9 Å². The zero-order valence-electron chi connectivity index (χ0n) is 13.4. The SMILES string of the molecule is O[C@](CC#CN1CCCCC1)(c1ccccc1)C1CCCC1. The molecule has 1 atom stereocenters. The Morgan fingerprint density at radius 1 is 1.00 bits per heavy atom. The van der Waals surface area contributed by atoms with Crippen molar-refractivity contribution in [1.82, 2.24) is 4.90 Å². The molecule has 2 fully saturated rings. The molecule has 22 heavy (non-hydrogen) atoms. The van der Waals surface area contributed by atoms with Gasteiger partial charge in [-0.15, -0.1) is 0 Å². The van der Waals surface area contributed by atoms with Crippen LogP contribution in [-0.2, 0) is 5.60 Å². The highest BCUT2D eigenvalue weighted by atomic mass is 16.3. The van der Waals surface area contributed by atoms with Gasteiger partial charge in [-0.25, -0.2) is 0 Å². The summed E-state index contributed by atoms with van der Waals surface area (Å²) in [5.41, 5.74) is 0.260. The Morgan fingerprint density at radius 3 is 2.36 bits per heavy atom. The van der Waals surface area contributed by atoms with Gasteiger partial charge in [0.1, 0.15) is 5.60 Å². The van der Waals surface area contributed by atoms with Crippen LogP contribution in [0.3, 0.4) is 0 Å². The Morgan fingerprint density at radius 2 is 1.68 bits per heavy atom. The summed E-state index contributed by atoms with van der Waals surface area (Å²) in [6.45, 7) is 2.17. The molecule has 2 nitrogen and oxygen atoms in total. The second-order valence-corrected chi connectivity index (χ2v) is 6.78. The van der Waals surface area contributed by atoms with Crippen molar-refractivity contribution in [3.8, 4) is 12.0 Å². The quantitative estimate of drug-likeness (QED) is 0.855. The van der Waals surface area contributed by atoms with Crippen LogP contribution in [0.2, 0.25) is 0 Å². The van der Waals surface area contributed by atoms with Crippen molar-refractivity contribution in [1.29, 1.82) is 0 Å². The summed E-state index contributed by atoms with van der Waals surface area (Å²) in [5, 5.41) is 11.4. The second-order valence-electron chi connectivity index (χ2n) is 6.78. The Bertz CT molecular complexity index is 518. The van der Waals surface area contributed by atoms with Crippen LogP contribution < -0.4 is 0 Å². The van der Waals surface area contributed by atoms with Gasteiger partial charge in [-0.2, -0.15) is 0 Å². The number of rotatable bonds is 3. The van der Waals surface area contributed by atoms with Crippen molar-refractivity contribution in [2.45, 2.75) is 57.0 Å². The zero-order valence-corrected chi connectivity index (χ0v) is 13.4. The highest BCUT2D eigenvalue weighted by Crippen LogP contribution is 2.42. The van der Waals surface area contributed by atoms with E-state index >= 15 is 0 Å². The lowest BCUT2D eigenvalue weighted by atomic mass is 9.78. The molecule has 1 saturated carbocycles. The third-order valence-corrected chi connectivity index (χ3v) is 5.26. The molecule has 1 aliphatic carbocycles. The van der Waals surface area contributed by atoms with E-state index in [1.54, 1.807) is 0 Å². The summed E-state index contributed by atoms with van der Waals surface area (Å²) in [5.74, 6) is 3.65. The summed E-state index contributed by atoms with van der Waals surface area (Å²) >= 11 is 0. The van der Waals surface area contributed by atoms with E-state index in [9.17, 15) is 5.11 Å². The predicted octanol–water partition coefficient (Wildman–Crippen LogP) is 3.90. The first-order valence-electron chi connectivity index (χ1n) is 8.80. The molecule has 1 saturated heterocycles. The van der Waals surface area contributed by atoms with E-state index in [2.05, 4.69) is 29.0 Å². The Kier molecular flexibility index (Phi) is 5.05. The maximum Gasteiger partial charge on any atom is 0.103 e. The molecule has 2 aliphatic rings. The van der Waals surface area contributed by atoms with E-state index in [0.29, 0.717) is 12.3 Å². The van der Waals surface area contributed by atoms with Crippen molar-refractivity contribution in [3.63, 3.8) is 0 Å². The topological polar surface area (TPSA) is 23.5 Å². The van der Waals surface area contributed by atoms with Crippen LogP contribution in [-0.4, -0.2) is 23.1 Å². The third kappa shape index (κ3) is 3.47. The standard InChI is InChI=1S/C20H27NO/c22-20(19-12-5-6-13-19,18-10-3-1-4-11-18)14-9-17-21-15-7-2-8-16-21/h1,3-4,10-11,19,22H,2,5-8,12-16H2/t20-/m1/s1. The Hall–Kier alpha value is -1.46. The summed E-state index contributed by atoms with van der Waals surface area (Å²) in [6, 6.07) is 13.5. The maximum atomic E-state index is 11.4. The van der Waals surface area contributed by atoms with Crippen LogP contribution in [0, 0.1) is 17.9 Å². The first kappa shape index (κ1) is 15.4. The van der Waals surface area contributed by atoms with Crippen LogP contribution in [0.25, 0.3) is 0 Å². The third-order valence-electron chi connectivity index (χ3n) is 5.26. The van der Waals surface area contributed by atoms with E-state index in [4.69, 9.17) is 0 Å². The van der Waals surface area contributed by atoms with Gasteiger partial charge in [0.15, 0.2) is 0 Å². The number of aliphatic hydroxyl groups is 1. The predicted molar refractivity (Wildman–Crippen MR) is 90.1 cm³/mol. The highest BCUT2D eigenvalue weighted by molar-refractivity contribution is 5.26. The van der Waals surface area contributed by atoms with Gasteiger partial charge in [0.2, 0.25) is 0 Å². The second kappa shape index (κ2) is 7.20. The number of piperidine rings is 1. The number of benzene rings is 1. The number of hydrogen-bond donors (Lipinski definition) is 1. The molecule has 3 rings (SSSR count). The van der Waals surface area contributed by atoms with E-state index < -0.39 is 5.60 Å². The maximum absolute atomic E-state index is 11.4. The first-order chi connectivity index (χ1) is 10.8. The van der Waals surface area contributed by atoms with Gasteiger partial charge in [-0.05, 0) is 43.6 Å². The summed E-state index contributed by atoms with van der Waals surface area (Å²) in [7, 11) is 0. The number of hydrogen-bond acceptors (Lipinski definition) is 2. The lowest BCUT2D eigenvalue weighted by molar-refractivity contribution is -0.0173. The van der Waals surface area contributed by atoms with Crippen LogP contribution >= 0.6 is 0 Å². The first-order valence-corrected chi connectivity index (χ1v) is 8.80. The molecule has 1 heterocycles. The van der Waals surface area contributed by atoms with E-state index in [0.717, 1.165) is 31.5 Å². The van der Waals surface area contributed by atoms with Gasteiger partial charge in [-0.1, -0.05) is 49.1 Å². The number of nitrogens with zero attached hydrogens (tertiary/aromatic N) is 1. The van der Waals surface area contributed by atoms with Gasteiger partial charge in [0.25, 0.3) is 0 Å². The molecule has 0 unspecified atom stereocenters. The van der Waals surface area contributed by atoms with Crippen molar-refractivity contribution in [2.24, 2.45) is 5.92 Å². The molecule has 0 radical (unpaired) electrons. The minimum atomic E-state index is -0.777. The molecular formula is C20H27NO.